The van der Waals surface area contributed by atoms with Gasteiger partial charge in [-0.15, -0.1) is 0 Å². The molecule has 4 rings (SSSR count). The van der Waals surface area contributed by atoms with Crippen molar-refractivity contribution in [1.82, 2.24) is 15.1 Å². The number of carbonyl (C=O) groups is 1. The number of aryl methyl sites for hydroxylation is 1. The lowest BCUT2D eigenvalue weighted by molar-refractivity contribution is -0.177. The number of nitrogens with zero attached hydrogens (tertiary/aromatic N) is 2. The van der Waals surface area contributed by atoms with Gasteiger partial charge in [0.25, 0.3) is 5.91 Å². The standard InChI is InChI=1S/C22H23F6N3O5/c23-21(24,25)12-33-5-6-34-16-3-4-31-19(36-11-16)9-17(30-31)20(32)29-15-8-13-7-14(22(26,27)28)1-2-18(13)35-10-15/h1-2,7,9,15-16H,3-6,8,10-12H2,(H,29,32)/t15-,16?/m1/s1. The summed E-state index contributed by atoms with van der Waals surface area (Å²) >= 11 is 0. The molecule has 0 spiro atoms. The van der Waals surface area contributed by atoms with Crippen molar-refractivity contribution in [3.8, 4) is 11.6 Å². The fraction of sp³-hybridized carbons (Fsp3) is 0.545. The van der Waals surface area contributed by atoms with E-state index in [4.69, 9.17) is 14.2 Å². The van der Waals surface area contributed by atoms with Crippen LogP contribution in [0.5, 0.6) is 11.6 Å². The molecule has 0 aliphatic carbocycles. The number of hydrogen-bond acceptors (Lipinski definition) is 6. The molecule has 0 saturated carbocycles. The highest BCUT2D eigenvalue weighted by Gasteiger charge is 2.33. The van der Waals surface area contributed by atoms with Crippen molar-refractivity contribution >= 4 is 5.91 Å². The summed E-state index contributed by atoms with van der Waals surface area (Å²) < 4.78 is 97.8. The van der Waals surface area contributed by atoms with Crippen LogP contribution in [0.2, 0.25) is 0 Å². The minimum atomic E-state index is -4.48. The van der Waals surface area contributed by atoms with Crippen LogP contribution in [0.3, 0.4) is 0 Å². The van der Waals surface area contributed by atoms with Crippen LogP contribution < -0.4 is 14.8 Å². The van der Waals surface area contributed by atoms with E-state index in [1.807, 2.05) is 0 Å². The summed E-state index contributed by atoms with van der Waals surface area (Å²) in [6.45, 7) is -1.03. The highest BCUT2D eigenvalue weighted by molar-refractivity contribution is 5.92. The molecule has 198 valence electrons. The summed E-state index contributed by atoms with van der Waals surface area (Å²) in [6.07, 6.45) is -8.65. The van der Waals surface area contributed by atoms with Crippen molar-refractivity contribution < 1.29 is 50.1 Å². The number of fused-ring (bicyclic) bond motifs is 2. The van der Waals surface area contributed by atoms with Crippen molar-refractivity contribution in [3.63, 3.8) is 0 Å². The molecule has 1 N–H and O–H groups in total. The predicted octanol–water partition coefficient (Wildman–Crippen LogP) is 3.38. The summed E-state index contributed by atoms with van der Waals surface area (Å²) in [4.78, 5) is 12.7. The van der Waals surface area contributed by atoms with E-state index in [1.165, 1.54) is 16.8 Å². The van der Waals surface area contributed by atoms with Crippen molar-refractivity contribution in [3.05, 3.63) is 41.1 Å². The molecule has 1 aromatic carbocycles. The van der Waals surface area contributed by atoms with Crippen LogP contribution in [0.25, 0.3) is 0 Å². The number of amides is 1. The molecule has 2 atom stereocenters. The topological polar surface area (TPSA) is 83.8 Å². The maximum Gasteiger partial charge on any atom is 0.416 e. The largest absolute Gasteiger partial charge is 0.491 e. The van der Waals surface area contributed by atoms with Crippen LogP contribution in [0.1, 0.15) is 28.0 Å². The van der Waals surface area contributed by atoms with Gasteiger partial charge in [0.15, 0.2) is 5.69 Å². The zero-order valence-corrected chi connectivity index (χ0v) is 18.8. The van der Waals surface area contributed by atoms with Gasteiger partial charge in [0, 0.05) is 12.6 Å². The van der Waals surface area contributed by atoms with E-state index in [0.29, 0.717) is 30.2 Å². The molecule has 14 heteroatoms. The average molecular weight is 523 g/mol. The Hall–Kier alpha value is -3.00. The third-order valence-corrected chi connectivity index (χ3v) is 5.53. The van der Waals surface area contributed by atoms with Crippen LogP contribution in [0, 0.1) is 0 Å². The number of benzene rings is 1. The first kappa shape index (κ1) is 26.1. The number of halogens is 6. The van der Waals surface area contributed by atoms with Gasteiger partial charge in [0.1, 0.15) is 25.6 Å². The van der Waals surface area contributed by atoms with Gasteiger partial charge in [-0.1, -0.05) is 0 Å². The molecule has 1 amide bonds. The molecule has 0 bridgehead atoms. The highest BCUT2D eigenvalue weighted by Crippen LogP contribution is 2.34. The average Bonchev–Trinajstić information content (AvgIpc) is 3.12. The molecule has 2 aromatic rings. The summed E-state index contributed by atoms with van der Waals surface area (Å²) in [7, 11) is 0. The molecule has 2 aliphatic heterocycles. The molecule has 0 saturated heterocycles. The Kier molecular flexibility index (Phi) is 7.64. The number of carbonyl (C=O) groups excluding carboxylic acids is 1. The number of rotatable bonds is 7. The summed E-state index contributed by atoms with van der Waals surface area (Å²) in [5.41, 5.74) is -0.372. The molecule has 3 heterocycles. The van der Waals surface area contributed by atoms with Crippen LogP contribution in [0.15, 0.2) is 24.3 Å². The Labute approximate surface area is 201 Å². The Morgan fingerprint density at radius 1 is 1.11 bits per heavy atom. The van der Waals surface area contributed by atoms with Gasteiger partial charge in [-0.05, 0) is 36.6 Å². The lowest BCUT2D eigenvalue weighted by Gasteiger charge is -2.26. The molecule has 1 aromatic heterocycles. The smallest absolute Gasteiger partial charge is 0.416 e. The summed E-state index contributed by atoms with van der Waals surface area (Å²) in [5, 5.41) is 6.95. The number of nitrogens with one attached hydrogen (secondary N) is 1. The number of ether oxygens (including phenoxy) is 4. The van der Waals surface area contributed by atoms with Gasteiger partial charge in [-0.25, -0.2) is 4.68 Å². The lowest BCUT2D eigenvalue weighted by atomic mass is 10.00. The summed E-state index contributed by atoms with van der Waals surface area (Å²) in [5.74, 6) is 0.136. The zero-order chi connectivity index (χ0) is 25.9. The minimum Gasteiger partial charge on any atom is -0.491 e. The first-order valence-corrected chi connectivity index (χ1v) is 11.1. The van der Waals surface area contributed by atoms with E-state index < -0.39 is 36.5 Å². The first-order valence-electron chi connectivity index (χ1n) is 11.1. The number of hydrogen-bond donors (Lipinski definition) is 1. The van der Waals surface area contributed by atoms with Crippen molar-refractivity contribution in [2.45, 2.75) is 43.9 Å². The SMILES string of the molecule is O=C(N[C@H]1COc2ccc(C(F)(F)F)cc2C1)c1cc2n(n1)CCC(OCCOCC(F)(F)F)CO2. The molecular weight excluding hydrogens is 500 g/mol. The second kappa shape index (κ2) is 10.5. The second-order valence-corrected chi connectivity index (χ2v) is 8.36. The van der Waals surface area contributed by atoms with Crippen LogP contribution in [-0.2, 0) is 28.6 Å². The Morgan fingerprint density at radius 3 is 2.67 bits per heavy atom. The normalized spacial score (nSPS) is 19.9. The fourth-order valence-corrected chi connectivity index (χ4v) is 3.83. The Balaban J connectivity index is 1.27. The van der Waals surface area contributed by atoms with E-state index in [0.717, 1.165) is 12.1 Å². The Morgan fingerprint density at radius 2 is 1.92 bits per heavy atom. The van der Waals surface area contributed by atoms with Crippen LogP contribution in [0.4, 0.5) is 26.3 Å². The van der Waals surface area contributed by atoms with Crippen LogP contribution in [-0.4, -0.2) is 67.0 Å². The Bertz CT molecular complexity index is 1050. The molecule has 0 fully saturated rings. The third-order valence-electron chi connectivity index (χ3n) is 5.53. The van der Waals surface area contributed by atoms with Gasteiger partial charge in [0.05, 0.1) is 30.9 Å². The predicted molar refractivity (Wildman–Crippen MR) is 111 cm³/mol. The quantitative estimate of drug-likeness (QED) is 0.443. The van der Waals surface area contributed by atoms with E-state index in [9.17, 15) is 31.1 Å². The monoisotopic (exact) mass is 523 g/mol. The molecule has 8 nitrogen and oxygen atoms in total. The van der Waals surface area contributed by atoms with Crippen molar-refractivity contribution in [1.29, 1.82) is 0 Å². The third kappa shape index (κ3) is 6.81. The first-order chi connectivity index (χ1) is 17.0. The number of alkyl halides is 6. The molecule has 0 radical (unpaired) electrons. The molecule has 1 unspecified atom stereocenters. The van der Waals surface area contributed by atoms with E-state index in [2.05, 4.69) is 15.2 Å². The minimum absolute atomic E-state index is 0.0306. The lowest BCUT2D eigenvalue weighted by Crippen LogP contribution is -2.43. The second-order valence-electron chi connectivity index (χ2n) is 8.36. The molecular formula is C22H23F6N3O5. The van der Waals surface area contributed by atoms with Crippen molar-refractivity contribution in [2.24, 2.45) is 0 Å². The molecule has 36 heavy (non-hydrogen) atoms. The molecule has 2 aliphatic rings. The van der Waals surface area contributed by atoms with Gasteiger partial charge in [-0.2, -0.15) is 31.4 Å². The van der Waals surface area contributed by atoms with Gasteiger partial charge in [-0.3, -0.25) is 4.79 Å². The van der Waals surface area contributed by atoms with Crippen molar-refractivity contribution in [2.75, 3.05) is 33.0 Å². The van der Waals surface area contributed by atoms with E-state index >= 15 is 0 Å². The van der Waals surface area contributed by atoms with Gasteiger partial charge in [0.2, 0.25) is 5.88 Å². The van der Waals surface area contributed by atoms with Crippen LogP contribution >= 0.6 is 0 Å². The highest BCUT2D eigenvalue weighted by atomic mass is 19.4. The summed E-state index contributed by atoms with van der Waals surface area (Å²) in [6, 6.07) is 4.12. The number of aromatic nitrogens is 2. The fourth-order valence-electron chi connectivity index (χ4n) is 3.83. The van der Waals surface area contributed by atoms with Gasteiger partial charge < -0.3 is 24.3 Å². The maximum absolute atomic E-state index is 13.0. The zero-order valence-electron chi connectivity index (χ0n) is 18.8. The van der Waals surface area contributed by atoms with Gasteiger partial charge >= 0.3 is 12.4 Å². The maximum atomic E-state index is 13.0. The van der Waals surface area contributed by atoms with E-state index in [1.54, 1.807) is 0 Å². The van der Waals surface area contributed by atoms with E-state index in [-0.39, 0.29) is 44.6 Å².